The van der Waals surface area contributed by atoms with Crippen LogP contribution in [0.4, 0.5) is 0 Å². The smallest absolute Gasteiger partial charge is 0.115 e. The average Bonchev–Trinajstić information content (AvgIpc) is 2.18. The summed E-state index contributed by atoms with van der Waals surface area (Å²) < 4.78 is 0. The molecule has 1 unspecified atom stereocenters. The molecular formula is C13H19ClO. The van der Waals surface area contributed by atoms with Gasteiger partial charge in [-0.3, -0.25) is 0 Å². The summed E-state index contributed by atoms with van der Waals surface area (Å²) in [5, 5.41) is 9.38. The Morgan fingerprint density at radius 2 is 2.13 bits per heavy atom. The van der Waals surface area contributed by atoms with Crippen molar-refractivity contribution in [3.8, 4) is 5.75 Å². The van der Waals surface area contributed by atoms with Gasteiger partial charge in [0.2, 0.25) is 0 Å². The summed E-state index contributed by atoms with van der Waals surface area (Å²) in [5.41, 5.74) is 1.30. The SMILES string of the molecule is CCCC(C)(CCl)Cc1cccc(O)c1. The second-order valence-electron chi connectivity index (χ2n) is 4.54. The number of phenols is 1. The molecule has 0 spiro atoms. The number of hydrogen-bond acceptors (Lipinski definition) is 1. The highest BCUT2D eigenvalue weighted by Gasteiger charge is 2.22. The molecule has 0 aliphatic rings. The van der Waals surface area contributed by atoms with Gasteiger partial charge < -0.3 is 5.11 Å². The van der Waals surface area contributed by atoms with Crippen LogP contribution in [0.2, 0.25) is 0 Å². The molecule has 1 rings (SSSR count). The Hall–Kier alpha value is -0.690. The van der Waals surface area contributed by atoms with Crippen LogP contribution in [0, 0.1) is 5.41 Å². The lowest BCUT2D eigenvalue weighted by atomic mass is 9.81. The van der Waals surface area contributed by atoms with Crippen LogP contribution >= 0.6 is 11.6 Å². The van der Waals surface area contributed by atoms with Crippen molar-refractivity contribution in [3.05, 3.63) is 29.8 Å². The van der Waals surface area contributed by atoms with Gasteiger partial charge in [-0.15, -0.1) is 11.6 Å². The zero-order chi connectivity index (χ0) is 11.3. The molecule has 1 atom stereocenters. The zero-order valence-electron chi connectivity index (χ0n) is 9.46. The summed E-state index contributed by atoms with van der Waals surface area (Å²) in [7, 11) is 0. The minimum absolute atomic E-state index is 0.143. The second-order valence-corrected chi connectivity index (χ2v) is 4.81. The van der Waals surface area contributed by atoms with Crippen molar-refractivity contribution in [1.29, 1.82) is 0 Å². The number of benzene rings is 1. The van der Waals surface area contributed by atoms with Crippen LogP contribution in [-0.2, 0) is 6.42 Å². The van der Waals surface area contributed by atoms with E-state index in [4.69, 9.17) is 11.6 Å². The Labute approximate surface area is 97.1 Å². The summed E-state index contributed by atoms with van der Waals surface area (Å²) in [4.78, 5) is 0. The molecule has 0 amide bonds. The molecular weight excluding hydrogens is 208 g/mol. The standard InChI is InChI=1S/C13H19ClO/c1-3-7-13(2,10-14)9-11-5-4-6-12(15)8-11/h4-6,8,15H,3,7,9-10H2,1-2H3. The minimum Gasteiger partial charge on any atom is -0.508 e. The third-order valence-electron chi connectivity index (χ3n) is 2.72. The van der Waals surface area contributed by atoms with Crippen molar-refractivity contribution >= 4 is 11.6 Å². The van der Waals surface area contributed by atoms with E-state index >= 15 is 0 Å². The van der Waals surface area contributed by atoms with Gasteiger partial charge in [0.05, 0.1) is 0 Å². The lowest BCUT2D eigenvalue weighted by molar-refractivity contribution is 0.334. The van der Waals surface area contributed by atoms with Crippen LogP contribution in [0.15, 0.2) is 24.3 Å². The van der Waals surface area contributed by atoms with Crippen LogP contribution in [0.1, 0.15) is 32.3 Å². The van der Waals surface area contributed by atoms with Gasteiger partial charge in [-0.2, -0.15) is 0 Å². The molecule has 0 aromatic heterocycles. The van der Waals surface area contributed by atoms with E-state index in [1.807, 2.05) is 18.2 Å². The number of halogens is 1. The summed E-state index contributed by atoms with van der Waals surface area (Å²) in [6, 6.07) is 7.44. The molecule has 1 nitrogen and oxygen atoms in total. The monoisotopic (exact) mass is 226 g/mol. The molecule has 2 heteroatoms. The number of alkyl halides is 1. The lowest BCUT2D eigenvalue weighted by Gasteiger charge is -2.26. The molecule has 1 aromatic carbocycles. The highest BCUT2D eigenvalue weighted by molar-refractivity contribution is 6.18. The molecule has 0 heterocycles. The fourth-order valence-electron chi connectivity index (χ4n) is 1.97. The number of rotatable bonds is 5. The van der Waals surface area contributed by atoms with Gasteiger partial charge in [-0.05, 0) is 36.0 Å². The van der Waals surface area contributed by atoms with Gasteiger partial charge in [0, 0.05) is 5.88 Å². The fraction of sp³-hybridized carbons (Fsp3) is 0.538. The average molecular weight is 227 g/mol. The van der Waals surface area contributed by atoms with Crippen molar-refractivity contribution in [2.75, 3.05) is 5.88 Å². The van der Waals surface area contributed by atoms with Crippen molar-refractivity contribution < 1.29 is 5.11 Å². The molecule has 0 aliphatic heterocycles. The van der Waals surface area contributed by atoms with E-state index in [-0.39, 0.29) is 5.41 Å². The molecule has 0 bridgehead atoms. The van der Waals surface area contributed by atoms with Gasteiger partial charge in [-0.1, -0.05) is 32.4 Å². The largest absolute Gasteiger partial charge is 0.508 e. The topological polar surface area (TPSA) is 20.2 Å². The fourth-order valence-corrected chi connectivity index (χ4v) is 2.19. The first-order valence-electron chi connectivity index (χ1n) is 5.43. The maximum atomic E-state index is 9.38. The Morgan fingerprint density at radius 3 is 2.67 bits per heavy atom. The van der Waals surface area contributed by atoms with Crippen LogP contribution in [0.25, 0.3) is 0 Å². The van der Waals surface area contributed by atoms with Crippen LogP contribution in [0.3, 0.4) is 0 Å². The van der Waals surface area contributed by atoms with Gasteiger partial charge in [0.15, 0.2) is 0 Å². The summed E-state index contributed by atoms with van der Waals surface area (Å²) in [5.74, 6) is 0.997. The van der Waals surface area contributed by atoms with Gasteiger partial charge in [0.1, 0.15) is 5.75 Å². The number of hydrogen-bond donors (Lipinski definition) is 1. The predicted octanol–water partition coefficient (Wildman–Crippen LogP) is 3.98. The molecule has 0 radical (unpaired) electrons. The summed E-state index contributed by atoms with van der Waals surface area (Å²) in [6.45, 7) is 4.38. The molecule has 84 valence electrons. The molecule has 15 heavy (non-hydrogen) atoms. The molecule has 0 fully saturated rings. The molecule has 0 aliphatic carbocycles. The van der Waals surface area contributed by atoms with Gasteiger partial charge >= 0.3 is 0 Å². The van der Waals surface area contributed by atoms with Gasteiger partial charge in [-0.25, -0.2) is 0 Å². The van der Waals surface area contributed by atoms with Crippen LogP contribution in [0.5, 0.6) is 5.75 Å². The van der Waals surface area contributed by atoms with Crippen LogP contribution in [-0.4, -0.2) is 11.0 Å². The van der Waals surface area contributed by atoms with E-state index in [2.05, 4.69) is 13.8 Å². The Morgan fingerprint density at radius 1 is 1.40 bits per heavy atom. The van der Waals surface area contributed by atoms with E-state index in [9.17, 15) is 5.11 Å². The normalized spacial score (nSPS) is 14.9. The van der Waals surface area contributed by atoms with E-state index in [1.165, 1.54) is 0 Å². The van der Waals surface area contributed by atoms with Crippen molar-refractivity contribution in [1.82, 2.24) is 0 Å². The summed E-state index contributed by atoms with van der Waals surface area (Å²) in [6.07, 6.45) is 3.19. The minimum atomic E-state index is 0.143. The Bertz CT molecular complexity index is 311. The highest BCUT2D eigenvalue weighted by atomic mass is 35.5. The maximum Gasteiger partial charge on any atom is 0.115 e. The summed E-state index contributed by atoms with van der Waals surface area (Å²) >= 11 is 6.01. The second kappa shape index (κ2) is 5.41. The predicted molar refractivity (Wildman–Crippen MR) is 65.5 cm³/mol. The molecule has 0 saturated heterocycles. The Balaban J connectivity index is 2.74. The molecule has 1 N–H and O–H groups in total. The number of phenolic OH excluding ortho intramolecular Hbond substituents is 1. The van der Waals surface area contributed by atoms with E-state index in [0.717, 1.165) is 24.8 Å². The van der Waals surface area contributed by atoms with Crippen molar-refractivity contribution in [2.45, 2.75) is 33.1 Å². The quantitative estimate of drug-likeness (QED) is 0.753. The third-order valence-corrected chi connectivity index (χ3v) is 3.36. The maximum absolute atomic E-state index is 9.38. The Kier molecular flexibility index (Phi) is 4.46. The molecule has 0 saturated carbocycles. The van der Waals surface area contributed by atoms with Crippen molar-refractivity contribution in [3.63, 3.8) is 0 Å². The van der Waals surface area contributed by atoms with Crippen LogP contribution < -0.4 is 0 Å². The lowest BCUT2D eigenvalue weighted by Crippen LogP contribution is -2.21. The first-order chi connectivity index (χ1) is 7.09. The van der Waals surface area contributed by atoms with E-state index in [1.54, 1.807) is 6.07 Å². The van der Waals surface area contributed by atoms with E-state index < -0.39 is 0 Å². The van der Waals surface area contributed by atoms with Crippen molar-refractivity contribution in [2.24, 2.45) is 5.41 Å². The van der Waals surface area contributed by atoms with E-state index in [0.29, 0.717) is 11.6 Å². The molecule has 1 aromatic rings. The third kappa shape index (κ3) is 3.75. The first-order valence-corrected chi connectivity index (χ1v) is 5.97. The van der Waals surface area contributed by atoms with Gasteiger partial charge in [0.25, 0.3) is 0 Å². The first kappa shape index (κ1) is 12.4. The zero-order valence-corrected chi connectivity index (χ0v) is 10.2. The highest BCUT2D eigenvalue weighted by Crippen LogP contribution is 2.30. The number of aromatic hydroxyl groups is 1.